The molecule has 23 heavy (non-hydrogen) atoms. The summed E-state index contributed by atoms with van der Waals surface area (Å²) in [6.07, 6.45) is 0. The molecule has 0 aromatic heterocycles. The van der Waals surface area contributed by atoms with Gasteiger partial charge in [-0.25, -0.2) is 4.79 Å². The Kier molecular flexibility index (Phi) is 5.28. The highest BCUT2D eigenvalue weighted by Crippen LogP contribution is 2.29. The first kappa shape index (κ1) is 17.3. The standard InChI is InChI=1S/C16H13BrClNO4/c1-8-12(18)6-11(16(21)22)14(15(8)19)13(20)7-23-10-4-2-3-9(17)5-10/h2-6H,7,19H2,1H3,(H,21,22). The van der Waals surface area contributed by atoms with Crippen LogP contribution in [0.3, 0.4) is 0 Å². The molecule has 2 rings (SSSR count). The third kappa shape index (κ3) is 3.83. The van der Waals surface area contributed by atoms with Crippen molar-refractivity contribution in [2.75, 3.05) is 12.3 Å². The Bertz CT molecular complexity index is 792. The van der Waals surface area contributed by atoms with Crippen molar-refractivity contribution in [1.29, 1.82) is 0 Å². The number of nitrogen functional groups attached to an aromatic ring is 1. The number of ketones is 1. The van der Waals surface area contributed by atoms with Gasteiger partial charge in [0, 0.05) is 15.2 Å². The van der Waals surface area contributed by atoms with Gasteiger partial charge >= 0.3 is 5.97 Å². The number of benzene rings is 2. The maximum atomic E-state index is 12.4. The number of carbonyl (C=O) groups is 2. The van der Waals surface area contributed by atoms with E-state index in [1.165, 1.54) is 6.07 Å². The number of rotatable bonds is 5. The van der Waals surface area contributed by atoms with Gasteiger partial charge in [-0.1, -0.05) is 33.6 Å². The number of ether oxygens (including phenoxy) is 1. The molecular formula is C16H13BrClNO4. The van der Waals surface area contributed by atoms with E-state index in [0.717, 1.165) is 4.47 Å². The first-order chi connectivity index (χ1) is 10.8. The van der Waals surface area contributed by atoms with Gasteiger partial charge in [-0.3, -0.25) is 4.79 Å². The Hall–Kier alpha value is -2.05. The van der Waals surface area contributed by atoms with Crippen molar-refractivity contribution in [1.82, 2.24) is 0 Å². The molecule has 0 atom stereocenters. The normalized spacial score (nSPS) is 10.4. The molecule has 0 saturated heterocycles. The van der Waals surface area contributed by atoms with Gasteiger partial charge in [-0.15, -0.1) is 0 Å². The average Bonchev–Trinajstić information content (AvgIpc) is 2.50. The number of carboxylic acids is 1. The molecule has 0 fully saturated rings. The summed E-state index contributed by atoms with van der Waals surface area (Å²) >= 11 is 9.24. The first-order valence-corrected chi connectivity index (χ1v) is 7.71. The number of Topliss-reactive ketones (excluding diaryl/α,β-unsaturated/α-hetero) is 1. The predicted octanol–water partition coefficient (Wildman–Crippen LogP) is 3.95. The summed E-state index contributed by atoms with van der Waals surface area (Å²) in [6.45, 7) is 1.29. The molecule has 0 bridgehead atoms. The number of hydrogen-bond donors (Lipinski definition) is 2. The third-order valence-corrected chi connectivity index (χ3v) is 4.13. The Morgan fingerprint density at radius 3 is 2.65 bits per heavy atom. The molecule has 5 nitrogen and oxygen atoms in total. The maximum absolute atomic E-state index is 12.4. The summed E-state index contributed by atoms with van der Waals surface area (Å²) in [5, 5.41) is 9.46. The second-order valence-corrected chi connectivity index (χ2v) is 6.12. The molecule has 2 aromatic rings. The van der Waals surface area contributed by atoms with Crippen LogP contribution in [-0.2, 0) is 0 Å². The topological polar surface area (TPSA) is 89.6 Å². The van der Waals surface area contributed by atoms with Gasteiger partial charge in [-0.05, 0) is 36.8 Å². The highest BCUT2D eigenvalue weighted by molar-refractivity contribution is 9.10. The van der Waals surface area contributed by atoms with Gasteiger partial charge in [0.1, 0.15) is 5.75 Å². The zero-order chi connectivity index (χ0) is 17.1. The summed E-state index contributed by atoms with van der Waals surface area (Å²) in [5.74, 6) is -1.32. The fourth-order valence-corrected chi connectivity index (χ4v) is 2.60. The molecular weight excluding hydrogens is 386 g/mol. The van der Waals surface area contributed by atoms with E-state index in [1.54, 1.807) is 25.1 Å². The molecule has 0 spiro atoms. The molecule has 7 heteroatoms. The molecule has 0 unspecified atom stereocenters. The van der Waals surface area contributed by atoms with Gasteiger partial charge < -0.3 is 15.6 Å². The van der Waals surface area contributed by atoms with E-state index in [9.17, 15) is 14.7 Å². The second-order valence-electron chi connectivity index (χ2n) is 4.79. The summed E-state index contributed by atoms with van der Waals surface area (Å²) < 4.78 is 6.20. The minimum atomic E-state index is -1.27. The molecule has 0 aliphatic rings. The molecule has 0 heterocycles. The Labute approximate surface area is 146 Å². The van der Waals surface area contributed by atoms with Crippen LogP contribution in [-0.4, -0.2) is 23.5 Å². The molecule has 0 amide bonds. The van der Waals surface area contributed by atoms with E-state index in [2.05, 4.69) is 15.9 Å². The van der Waals surface area contributed by atoms with E-state index in [4.69, 9.17) is 22.1 Å². The van der Waals surface area contributed by atoms with Gasteiger partial charge in [0.2, 0.25) is 5.78 Å². The second kappa shape index (κ2) is 7.02. The predicted molar refractivity (Wildman–Crippen MR) is 91.5 cm³/mol. The van der Waals surface area contributed by atoms with Crippen LogP contribution in [0.2, 0.25) is 5.02 Å². The number of carboxylic acid groups (broad SMARTS) is 1. The first-order valence-electron chi connectivity index (χ1n) is 6.54. The largest absolute Gasteiger partial charge is 0.485 e. The van der Waals surface area contributed by atoms with Crippen LogP contribution < -0.4 is 10.5 Å². The van der Waals surface area contributed by atoms with Crippen LogP contribution in [0.25, 0.3) is 0 Å². The van der Waals surface area contributed by atoms with Crippen molar-refractivity contribution in [3.8, 4) is 5.75 Å². The molecule has 3 N–H and O–H groups in total. The van der Waals surface area contributed by atoms with E-state index in [0.29, 0.717) is 11.3 Å². The fraction of sp³-hybridized carbons (Fsp3) is 0.125. The molecule has 2 aromatic carbocycles. The number of halogens is 2. The van der Waals surface area contributed by atoms with E-state index >= 15 is 0 Å². The lowest BCUT2D eigenvalue weighted by molar-refractivity contribution is 0.0690. The lowest BCUT2D eigenvalue weighted by Gasteiger charge is -2.13. The fourth-order valence-electron chi connectivity index (χ4n) is 2.02. The van der Waals surface area contributed by atoms with Crippen LogP contribution in [0.15, 0.2) is 34.8 Å². The molecule has 0 aliphatic carbocycles. The van der Waals surface area contributed by atoms with Gasteiger partial charge in [0.15, 0.2) is 6.61 Å². The van der Waals surface area contributed by atoms with Crippen molar-refractivity contribution in [3.05, 3.63) is 56.5 Å². The molecule has 120 valence electrons. The quantitative estimate of drug-likeness (QED) is 0.588. The van der Waals surface area contributed by atoms with Crippen LogP contribution in [0.1, 0.15) is 26.3 Å². The lowest BCUT2D eigenvalue weighted by Crippen LogP contribution is -2.19. The number of aromatic carboxylic acids is 1. The van der Waals surface area contributed by atoms with Gasteiger partial charge in [0.25, 0.3) is 0 Å². The molecule has 0 aliphatic heterocycles. The van der Waals surface area contributed by atoms with Crippen LogP contribution >= 0.6 is 27.5 Å². The highest BCUT2D eigenvalue weighted by Gasteiger charge is 2.23. The monoisotopic (exact) mass is 397 g/mol. The summed E-state index contributed by atoms with van der Waals surface area (Å²) in [7, 11) is 0. The number of anilines is 1. The van der Waals surface area contributed by atoms with E-state index < -0.39 is 11.8 Å². The van der Waals surface area contributed by atoms with Crippen LogP contribution in [0.4, 0.5) is 5.69 Å². The Balaban J connectivity index is 2.32. The number of nitrogens with two attached hydrogens (primary N) is 1. The maximum Gasteiger partial charge on any atom is 0.336 e. The minimum absolute atomic E-state index is 0.0535. The Morgan fingerprint density at radius 1 is 1.35 bits per heavy atom. The van der Waals surface area contributed by atoms with Crippen LogP contribution in [0, 0.1) is 6.92 Å². The zero-order valence-electron chi connectivity index (χ0n) is 12.1. The van der Waals surface area contributed by atoms with Crippen molar-refractivity contribution < 1.29 is 19.4 Å². The zero-order valence-corrected chi connectivity index (χ0v) is 14.4. The summed E-state index contributed by atoms with van der Waals surface area (Å²) in [5.41, 5.74) is 6.07. The van der Waals surface area contributed by atoms with Crippen molar-refractivity contribution in [2.24, 2.45) is 0 Å². The van der Waals surface area contributed by atoms with Gasteiger partial charge in [0.05, 0.1) is 11.1 Å². The van der Waals surface area contributed by atoms with Crippen molar-refractivity contribution >= 4 is 45.0 Å². The SMILES string of the molecule is Cc1c(Cl)cc(C(=O)O)c(C(=O)COc2cccc(Br)c2)c1N. The summed E-state index contributed by atoms with van der Waals surface area (Å²) in [6, 6.07) is 8.18. The van der Waals surface area contributed by atoms with Crippen molar-refractivity contribution in [2.45, 2.75) is 6.92 Å². The smallest absolute Gasteiger partial charge is 0.336 e. The third-order valence-electron chi connectivity index (χ3n) is 3.25. The number of carbonyl (C=O) groups excluding carboxylic acids is 1. The highest BCUT2D eigenvalue weighted by atomic mass is 79.9. The minimum Gasteiger partial charge on any atom is -0.485 e. The molecule has 0 saturated carbocycles. The Morgan fingerprint density at radius 2 is 2.04 bits per heavy atom. The average molecular weight is 399 g/mol. The molecule has 0 radical (unpaired) electrons. The summed E-state index contributed by atoms with van der Waals surface area (Å²) in [4.78, 5) is 23.7. The van der Waals surface area contributed by atoms with Gasteiger partial charge in [-0.2, -0.15) is 0 Å². The van der Waals surface area contributed by atoms with E-state index in [1.807, 2.05) is 6.07 Å². The van der Waals surface area contributed by atoms with Crippen molar-refractivity contribution in [3.63, 3.8) is 0 Å². The lowest BCUT2D eigenvalue weighted by atomic mass is 9.98. The van der Waals surface area contributed by atoms with Crippen LogP contribution in [0.5, 0.6) is 5.75 Å². The van der Waals surface area contributed by atoms with E-state index in [-0.39, 0.29) is 28.4 Å². The number of hydrogen-bond acceptors (Lipinski definition) is 4.